The Morgan fingerprint density at radius 2 is 2.13 bits per heavy atom. The van der Waals surface area contributed by atoms with E-state index in [4.69, 9.17) is 0 Å². The van der Waals surface area contributed by atoms with E-state index in [0.29, 0.717) is 16.6 Å². The Balaban J connectivity index is 1.55. The zero-order valence-corrected chi connectivity index (χ0v) is 12.8. The van der Waals surface area contributed by atoms with E-state index in [0.717, 1.165) is 11.3 Å². The molecule has 0 unspecified atom stereocenters. The lowest BCUT2D eigenvalue weighted by molar-refractivity contribution is 0.876. The molecule has 0 aliphatic carbocycles. The zero-order chi connectivity index (χ0) is 15.6. The summed E-state index contributed by atoms with van der Waals surface area (Å²) in [6, 6.07) is 11.3. The van der Waals surface area contributed by atoms with Crippen LogP contribution in [0.4, 0.5) is 5.13 Å². The second-order valence-corrected chi connectivity index (χ2v) is 5.81. The van der Waals surface area contributed by atoms with Gasteiger partial charge in [0.1, 0.15) is 0 Å². The molecule has 0 bridgehead atoms. The molecule has 0 spiro atoms. The topological polar surface area (TPSA) is 77.1 Å². The van der Waals surface area contributed by atoms with Gasteiger partial charge in [0.05, 0.1) is 5.69 Å². The first-order valence-corrected chi connectivity index (χ1v) is 7.79. The second kappa shape index (κ2) is 5.65. The molecule has 3 heterocycles. The number of nitrogens with zero attached hydrogens (tertiary/aromatic N) is 5. The Hall–Kier alpha value is -3.00. The maximum atomic E-state index is 11.7. The summed E-state index contributed by atoms with van der Waals surface area (Å²) in [5.74, 6) is 0. The van der Waals surface area contributed by atoms with Gasteiger partial charge >= 0.3 is 0 Å². The zero-order valence-electron chi connectivity index (χ0n) is 12.0. The standard InChI is InChI=1S/C15H12N6OS/c22-13-5-7-16-15-21(13)19-14(23-15)17-10-11-3-1-4-12(9-11)20-8-2-6-18-20/h1-9H,10H2,(H,17,19). The van der Waals surface area contributed by atoms with Crippen molar-refractivity contribution in [3.05, 3.63) is 70.9 Å². The number of hydrogen-bond acceptors (Lipinski definition) is 6. The van der Waals surface area contributed by atoms with Crippen LogP contribution in [0.2, 0.25) is 0 Å². The monoisotopic (exact) mass is 324 g/mol. The van der Waals surface area contributed by atoms with Gasteiger partial charge in [-0.2, -0.15) is 9.61 Å². The predicted octanol–water partition coefficient (Wildman–Crippen LogP) is 1.95. The summed E-state index contributed by atoms with van der Waals surface area (Å²) in [6.07, 6.45) is 5.14. The van der Waals surface area contributed by atoms with Crippen molar-refractivity contribution in [1.29, 1.82) is 0 Å². The normalized spacial score (nSPS) is 11.0. The first-order valence-electron chi connectivity index (χ1n) is 6.97. The molecule has 0 radical (unpaired) electrons. The summed E-state index contributed by atoms with van der Waals surface area (Å²) in [4.78, 5) is 16.4. The van der Waals surface area contributed by atoms with E-state index in [1.54, 1.807) is 6.20 Å². The van der Waals surface area contributed by atoms with E-state index >= 15 is 0 Å². The smallest absolute Gasteiger partial charge is 0.275 e. The fraction of sp³-hybridized carbons (Fsp3) is 0.0667. The average molecular weight is 324 g/mol. The molecule has 0 aliphatic rings. The molecule has 4 aromatic rings. The first kappa shape index (κ1) is 13.6. The van der Waals surface area contributed by atoms with Crippen molar-refractivity contribution >= 4 is 21.4 Å². The van der Waals surface area contributed by atoms with E-state index in [2.05, 4.69) is 26.6 Å². The van der Waals surface area contributed by atoms with Crippen LogP contribution in [0.15, 0.2) is 59.8 Å². The third kappa shape index (κ3) is 2.71. The Morgan fingerprint density at radius 1 is 1.17 bits per heavy atom. The van der Waals surface area contributed by atoms with Crippen LogP contribution in [0.25, 0.3) is 10.6 Å². The van der Waals surface area contributed by atoms with Crippen LogP contribution >= 0.6 is 11.3 Å². The molecule has 114 valence electrons. The van der Waals surface area contributed by atoms with Gasteiger partial charge in [0.2, 0.25) is 10.1 Å². The summed E-state index contributed by atoms with van der Waals surface area (Å²) in [6.45, 7) is 0.601. The minimum atomic E-state index is -0.181. The van der Waals surface area contributed by atoms with Gasteiger partial charge in [-0.05, 0) is 23.8 Å². The van der Waals surface area contributed by atoms with Crippen molar-refractivity contribution < 1.29 is 0 Å². The summed E-state index contributed by atoms with van der Waals surface area (Å²) in [5.41, 5.74) is 1.91. The minimum absolute atomic E-state index is 0.181. The number of aromatic nitrogens is 5. The molecule has 0 saturated heterocycles. The third-order valence-corrected chi connectivity index (χ3v) is 4.17. The maximum Gasteiger partial charge on any atom is 0.275 e. The quantitative estimate of drug-likeness (QED) is 0.621. The lowest BCUT2D eigenvalue weighted by atomic mass is 10.2. The van der Waals surface area contributed by atoms with Gasteiger partial charge in [-0.3, -0.25) is 4.79 Å². The van der Waals surface area contributed by atoms with Crippen molar-refractivity contribution in [2.75, 3.05) is 5.32 Å². The van der Waals surface area contributed by atoms with Crippen molar-refractivity contribution in [1.82, 2.24) is 24.4 Å². The highest BCUT2D eigenvalue weighted by Crippen LogP contribution is 2.17. The fourth-order valence-corrected chi connectivity index (χ4v) is 2.99. The van der Waals surface area contributed by atoms with Gasteiger partial charge in [-0.15, -0.1) is 5.10 Å². The van der Waals surface area contributed by atoms with Crippen LogP contribution in [0, 0.1) is 0 Å². The largest absolute Gasteiger partial charge is 0.356 e. The molecular formula is C15H12N6OS. The number of anilines is 1. The van der Waals surface area contributed by atoms with Crippen molar-refractivity contribution in [3.63, 3.8) is 0 Å². The molecule has 7 nitrogen and oxygen atoms in total. The van der Waals surface area contributed by atoms with Crippen LogP contribution in [-0.2, 0) is 6.54 Å². The van der Waals surface area contributed by atoms with E-state index in [1.807, 2.05) is 35.1 Å². The Kier molecular flexibility index (Phi) is 3.35. The highest BCUT2D eigenvalue weighted by atomic mass is 32.1. The molecule has 4 rings (SSSR count). The minimum Gasteiger partial charge on any atom is -0.356 e. The van der Waals surface area contributed by atoms with Crippen LogP contribution in [0.3, 0.4) is 0 Å². The Morgan fingerprint density at radius 3 is 2.96 bits per heavy atom. The summed E-state index contributed by atoms with van der Waals surface area (Å²) in [5, 5.41) is 12.3. The summed E-state index contributed by atoms with van der Waals surface area (Å²) < 4.78 is 3.11. The van der Waals surface area contributed by atoms with Gasteiger partial charge in [-0.1, -0.05) is 23.5 Å². The maximum absolute atomic E-state index is 11.7. The first-order chi connectivity index (χ1) is 11.3. The highest BCUT2D eigenvalue weighted by molar-refractivity contribution is 7.20. The molecule has 0 saturated carbocycles. The molecule has 0 fully saturated rings. The van der Waals surface area contributed by atoms with E-state index < -0.39 is 0 Å². The molecule has 1 N–H and O–H groups in total. The number of rotatable bonds is 4. The van der Waals surface area contributed by atoms with Gasteiger partial charge in [0, 0.05) is 31.2 Å². The van der Waals surface area contributed by atoms with Gasteiger partial charge in [0.25, 0.3) is 5.56 Å². The fourth-order valence-electron chi connectivity index (χ4n) is 2.22. The number of hydrogen-bond donors (Lipinski definition) is 1. The molecule has 3 aromatic heterocycles. The van der Waals surface area contributed by atoms with Gasteiger partial charge < -0.3 is 5.32 Å². The molecule has 0 atom stereocenters. The van der Waals surface area contributed by atoms with Crippen LogP contribution in [0.5, 0.6) is 0 Å². The lowest BCUT2D eigenvalue weighted by Gasteiger charge is -2.06. The molecular weight excluding hydrogens is 312 g/mol. The molecule has 8 heteroatoms. The molecule has 23 heavy (non-hydrogen) atoms. The van der Waals surface area contributed by atoms with Crippen molar-refractivity contribution in [2.45, 2.75) is 6.54 Å². The number of fused-ring (bicyclic) bond motifs is 1. The molecule has 0 amide bonds. The number of nitrogens with one attached hydrogen (secondary N) is 1. The second-order valence-electron chi connectivity index (χ2n) is 4.86. The van der Waals surface area contributed by atoms with Gasteiger partial charge in [0.15, 0.2) is 0 Å². The van der Waals surface area contributed by atoms with E-state index in [9.17, 15) is 4.79 Å². The van der Waals surface area contributed by atoms with Crippen LogP contribution in [0.1, 0.15) is 5.56 Å². The molecule has 1 aromatic carbocycles. The average Bonchev–Trinajstić information content (AvgIpc) is 3.23. The van der Waals surface area contributed by atoms with Crippen molar-refractivity contribution in [2.24, 2.45) is 0 Å². The lowest BCUT2D eigenvalue weighted by Crippen LogP contribution is -2.12. The summed E-state index contributed by atoms with van der Waals surface area (Å²) in [7, 11) is 0. The third-order valence-electron chi connectivity index (χ3n) is 3.29. The number of benzene rings is 1. The Bertz CT molecular complexity index is 1000. The van der Waals surface area contributed by atoms with Crippen molar-refractivity contribution in [3.8, 4) is 5.69 Å². The van der Waals surface area contributed by atoms with Crippen LogP contribution < -0.4 is 10.9 Å². The molecule has 0 aliphatic heterocycles. The van der Waals surface area contributed by atoms with Crippen LogP contribution in [-0.4, -0.2) is 24.4 Å². The van der Waals surface area contributed by atoms with Gasteiger partial charge in [-0.25, -0.2) is 9.67 Å². The SMILES string of the molecule is O=c1ccnc2sc(NCc3cccc(-n4cccn4)c3)nn12. The van der Waals surface area contributed by atoms with E-state index in [1.165, 1.54) is 28.1 Å². The highest BCUT2D eigenvalue weighted by Gasteiger charge is 2.06. The summed E-state index contributed by atoms with van der Waals surface area (Å²) >= 11 is 1.34. The Labute approximate surface area is 134 Å². The van der Waals surface area contributed by atoms with E-state index in [-0.39, 0.29) is 5.56 Å². The predicted molar refractivity (Wildman–Crippen MR) is 88.0 cm³/mol.